The van der Waals surface area contributed by atoms with Gasteiger partial charge in [0.1, 0.15) is 11.6 Å². The number of halogens is 1. The monoisotopic (exact) mass is 237 g/mol. The van der Waals surface area contributed by atoms with E-state index in [1.807, 2.05) is 6.92 Å². The first-order valence-corrected chi connectivity index (χ1v) is 6.17. The Morgan fingerprint density at radius 3 is 2.53 bits per heavy atom. The largest absolute Gasteiger partial charge is 0.496 e. The first-order valence-electron chi connectivity index (χ1n) is 6.17. The van der Waals surface area contributed by atoms with Gasteiger partial charge in [0, 0.05) is 17.5 Å². The number of ether oxygens (including phenoxy) is 1. The molecule has 2 N–H and O–H groups in total. The SMILES string of the molecule is COc1c(C)cc(F)cc1C1(CN)CCCC1. The molecule has 0 atom stereocenters. The predicted molar refractivity (Wildman–Crippen MR) is 66.9 cm³/mol. The van der Waals surface area contributed by atoms with Crippen LogP contribution < -0.4 is 10.5 Å². The lowest BCUT2D eigenvalue weighted by Crippen LogP contribution is -2.32. The molecule has 17 heavy (non-hydrogen) atoms. The van der Waals surface area contributed by atoms with Gasteiger partial charge in [0.2, 0.25) is 0 Å². The Bertz CT molecular complexity index is 411. The number of methoxy groups -OCH3 is 1. The Balaban J connectivity index is 2.56. The van der Waals surface area contributed by atoms with E-state index in [4.69, 9.17) is 10.5 Å². The molecule has 0 aliphatic heterocycles. The molecule has 0 amide bonds. The van der Waals surface area contributed by atoms with Crippen LogP contribution in [0.5, 0.6) is 5.75 Å². The molecule has 0 saturated heterocycles. The Labute approximate surface area is 102 Å². The second-order valence-corrected chi connectivity index (χ2v) is 5.00. The van der Waals surface area contributed by atoms with Gasteiger partial charge >= 0.3 is 0 Å². The van der Waals surface area contributed by atoms with Crippen molar-refractivity contribution in [1.29, 1.82) is 0 Å². The average molecular weight is 237 g/mol. The van der Waals surface area contributed by atoms with Gasteiger partial charge in [-0.25, -0.2) is 4.39 Å². The van der Waals surface area contributed by atoms with Gasteiger partial charge in [-0.15, -0.1) is 0 Å². The molecule has 2 rings (SSSR count). The van der Waals surface area contributed by atoms with Crippen molar-refractivity contribution in [3.05, 3.63) is 29.1 Å². The lowest BCUT2D eigenvalue weighted by Gasteiger charge is -2.30. The van der Waals surface area contributed by atoms with Crippen molar-refractivity contribution < 1.29 is 9.13 Å². The van der Waals surface area contributed by atoms with Gasteiger partial charge in [0.25, 0.3) is 0 Å². The summed E-state index contributed by atoms with van der Waals surface area (Å²) in [6.45, 7) is 2.44. The number of hydrogen-bond acceptors (Lipinski definition) is 2. The number of benzene rings is 1. The molecule has 2 nitrogen and oxygen atoms in total. The summed E-state index contributed by atoms with van der Waals surface area (Å²) in [7, 11) is 1.64. The Morgan fingerprint density at radius 2 is 2.00 bits per heavy atom. The van der Waals surface area contributed by atoms with Crippen molar-refractivity contribution in [3.8, 4) is 5.75 Å². The van der Waals surface area contributed by atoms with Gasteiger partial charge in [0.05, 0.1) is 7.11 Å². The minimum absolute atomic E-state index is 0.0851. The molecular formula is C14H20FNO. The first-order chi connectivity index (χ1) is 8.13. The zero-order chi connectivity index (χ0) is 12.5. The third kappa shape index (κ3) is 2.04. The average Bonchev–Trinajstić information content (AvgIpc) is 2.77. The summed E-state index contributed by atoms with van der Waals surface area (Å²) in [4.78, 5) is 0. The second kappa shape index (κ2) is 4.65. The van der Waals surface area contributed by atoms with Crippen molar-refractivity contribution in [2.45, 2.75) is 38.0 Å². The molecule has 1 aromatic rings. The highest BCUT2D eigenvalue weighted by Crippen LogP contribution is 2.45. The van der Waals surface area contributed by atoms with Crippen LogP contribution in [0.15, 0.2) is 12.1 Å². The normalized spacial score (nSPS) is 18.4. The van der Waals surface area contributed by atoms with Gasteiger partial charge in [0.15, 0.2) is 0 Å². The molecular weight excluding hydrogens is 217 g/mol. The summed E-state index contributed by atoms with van der Waals surface area (Å²) < 4.78 is 19.1. The van der Waals surface area contributed by atoms with Gasteiger partial charge < -0.3 is 10.5 Å². The van der Waals surface area contributed by atoms with Crippen molar-refractivity contribution >= 4 is 0 Å². The maximum absolute atomic E-state index is 13.6. The molecule has 0 radical (unpaired) electrons. The fraction of sp³-hybridized carbons (Fsp3) is 0.571. The highest BCUT2D eigenvalue weighted by atomic mass is 19.1. The second-order valence-electron chi connectivity index (χ2n) is 5.00. The van der Waals surface area contributed by atoms with E-state index in [2.05, 4.69) is 0 Å². The van der Waals surface area contributed by atoms with Gasteiger partial charge in [-0.1, -0.05) is 12.8 Å². The zero-order valence-corrected chi connectivity index (χ0v) is 10.6. The van der Waals surface area contributed by atoms with E-state index >= 15 is 0 Å². The summed E-state index contributed by atoms with van der Waals surface area (Å²) >= 11 is 0. The maximum atomic E-state index is 13.6. The quantitative estimate of drug-likeness (QED) is 0.877. The molecule has 1 aliphatic carbocycles. The first kappa shape index (κ1) is 12.4. The fourth-order valence-corrected chi connectivity index (χ4v) is 3.03. The minimum atomic E-state index is -0.196. The smallest absolute Gasteiger partial charge is 0.125 e. The predicted octanol–water partition coefficient (Wildman–Crippen LogP) is 2.91. The van der Waals surface area contributed by atoms with Crippen LogP contribution in [0.25, 0.3) is 0 Å². The summed E-state index contributed by atoms with van der Waals surface area (Å²) in [5, 5.41) is 0. The third-order valence-corrected chi connectivity index (χ3v) is 3.97. The van der Waals surface area contributed by atoms with E-state index in [0.29, 0.717) is 6.54 Å². The van der Waals surface area contributed by atoms with Crippen molar-refractivity contribution in [3.63, 3.8) is 0 Å². The number of nitrogens with two attached hydrogens (primary N) is 1. The lowest BCUT2D eigenvalue weighted by atomic mass is 9.78. The van der Waals surface area contributed by atoms with E-state index in [1.165, 1.54) is 6.07 Å². The topological polar surface area (TPSA) is 35.2 Å². The van der Waals surface area contributed by atoms with Gasteiger partial charge in [-0.05, 0) is 37.5 Å². The molecule has 1 fully saturated rings. The van der Waals surface area contributed by atoms with E-state index < -0.39 is 0 Å². The van der Waals surface area contributed by atoms with Gasteiger partial charge in [-0.3, -0.25) is 0 Å². The summed E-state index contributed by atoms with van der Waals surface area (Å²) in [5.74, 6) is 0.608. The summed E-state index contributed by atoms with van der Waals surface area (Å²) in [6.07, 6.45) is 4.39. The molecule has 94 valence electrons. The minimum Gasteiger partial charge on any atom is -0.496 e. The highest BCUT2D eigenvalue weighted by Gasteiger charge is 2.37. The summed E-state index contributed by atoms with van der Waals surface area (Å²) in [5.41, 5.74) is 7.67. The molecule has 0 bridgehead atoms. The number of hydrogen-bond donors (Lipinski definition) is 1. The molecule has 3 heteroatoms. The molecule has 0 aromatic heterocycles. The van der Waals surface area contributed by atoms with Crippen LogP contribution in [-0.2, 0) is 5.41 Å². The number of rotatable bonds is 3. The Morgan fingerprint density at radius 1 is 1.35 bits per heavy atom. The van der Waals surface area contributed by atoms with Gasteiger partial charge in [-0.2, -0.15) is 0 Å². The maximum Gasteiger partial charge on any atom is 0.125 e. The van der Waals surface area contributed by atoms with Crippen LogP contribution in [0.4, 0.5) is 4.39 Å². The lowest BCUT2D eigenvalue weighted by molar-refractivity contribution is 0.373. The van der Waals surface area contributed by atoms with Crippen LogP contribution >= 0.6 is 0 Å². The molecule has 0 spiro atoms. The van der Waals surface area contributed by atoms with Crippen LogP contribution in [0.2, 0.25) is 0 Å². The van der Waals surface area contributed by atoms with Crippen LogP contribution in [0.3, 0.4) is 0 Å². The fourth-order valence-electron chi connectivity index (χ4n) is 3.03. The zero-order valence-electron chi connectivity index (χ0n) is 10.6. The molecule has 0 unspecified atom stereocenters. The van der Waals surface area contributed by atoms with Crippen LogP contribution in [0.1, 0.15) is 36.8 Å². The van der Waals surface area contributed by atoms with E-state index in [-0.39, 0.29) is 11.2 Å². The van der Waals surface area contributed by atoms with Crippen LogP contribution in [-0.4, -0.2) is 13.7 Å². The van der Waals surface area contributed by atoms with Crippen LogP contribution in [0, 0.1) is 12.7 Å². The Kier molecular flexibility index (Phi) is 3.38. The molecule has 1 aromatic carbocycles. The molecule has 1 aliphatic rings. The van der Waals surface area contributed by atoms with Crippen molar-refractivity contribution in [1.82, 2.24) is 0 Å². The number of aryl methyl sites for hydroxylation is 1. The Hall–Kier alpha value is -1.09. The molecule has 0 heterocycles. The van der Waals surface area contributed by atoms with E-state index in [0.717, 1.165) is 42.6 Å². The van der Waals surface area contributed by atoms with E-state index in [1.54, 1.807) is 13.2 Å². The van der Waals surface area contributed by atoms with Crippen molar-refractivity contribution in [2.24, 2.45) is 5.73 Å². The van der Waals surface area contributed by atoms with Crippen molar-refractivity contribution in [2.75, 3.05) is 13.7 Å². The highest BCUT2D eigenvalue weighted by molar-refractivity contribution is 5.46. The summed E-state index contributed by atoms with van der Waals surface area (Å²) in [6, 6.07) is 3.12. The molecule has 1 saturated carbocycles. The van der Waals surface area contributed by atoms with E-state index in [9.17, 15) is 4.39 Å². The third-order valence-electron chi connectivity index (χ3n) is 3.97. The standard InChI is InChI=1S/C14H20FNO/c1-10-7-11(15)8-12(13(10)17-2)14(9-16)5-3-4-6-14/h7-8H,3-6,9,16H2,1-2H3.